The van der Waals surface area contributed by atoms with Gasteiger partial charge in [0.25, 0.3) is 0 Å². The van der Waals surface area contributed by atoms with Gasteiger partial charge >= 0.3 is 0 Å². The number of primary amides is 1. The van der Waals surface area contributed by atoms with E-state index in [0.717, 1.165) is 16.8 Å². The lowest BCUT2D eigenvalue weighted by molar-refractivity contribution is -0.121. The molecule has 2 N–H and O–H groups in total. The number of benzene rings is 1. The molecule has 1 saturated heterocycles. The standard InChI is InChI=1S/C13H17BrN2O3/c14-10-2-1-3-11(6-10)19-9-12-7-16(4-5-18-12)8-13(15)17/h1-3,6,12H,4-5,7-9H2,(H2,15,17)/t12-/m1/s1. The summed E-state index contributed by atoms with van der Waals surface area (Å²) in [6.45, 7) is 2.73. The molecule has 1 atom stereocenters. The van der Waals surface area contributed by atoms with E-state index in [2.05, 4.69) is 15.9 Å². The summed E-state index contributed by atoms with van der Waals surface area (Å²) in [5, 5.41) is 0. The van der Waals surface area contributed by atoms with Crippen LogP contribution in [0.4, 0.5) is 0 Å². The minimum atomic E-state index is -0.312. The van der Waals surface area contributed by atoms with Crippen LogP contribution in [0.2, 0.25) is 0 Å². The number of hydrogen-bond donors (Lipinski definition) is 1. The number of nitrogens with two attached hydrogens (primary N) is 1. The fourth-order valence-electron chi connectivity index (χ4n) is 1.99. The van der Waals surface area contributed by atoms with E-state index in [1.165, 1.54) is 0 Å². The molecule has 1 aliphatic rings. The van der Waals surface area contributed by atoms with Crippen molar-refractivity contribution in [2.24, 2.45) is 5.73 Å². The lowest BCUT2D eigenvalue weighted by atomic mass is 10.3. The van der Waals surface area contributed by atoms with Crippen molar-refractivity contribution >= 4 is 21.8 Å². The third kappa shape index (κ3) is 4.81. The number of morpholine rings is 1. The third-order valence-electron chi connectivity index (χ3n) is 2.83. The first-order valence-electron chi connectivity index (χ1n) is 6.14. The van der Waals surface area contributed by atoms with Crippen LogP contribution in [0.3, 0.4) is 0 Å². The molecule has 0 spiro atoms. The smallest absolute Gasteiger partial charge is 0.231 e. The molecule has 0 bridgehead atoms. The van der Waals surface area contributed by atoms with E-state index in [1.54, 1.807) is 0 Å². The van der Waals surface area contributed by atoms with Crippen molar-refractivity contribution in [3.8, 4) is 5.75 Å². The van der Waals surface area contributed by atoms with Crippen molar-refractivity contribution in [1.82, 2.24) is 4.90 Å². The molecule has 0 radical (unpaired) electrons. The molecule has 0 unspecified atom stereocenters. The SMILES string of the molecule is NC(=O)CN1CCO[C@@H](COc2cccc(Br)c2)C1. The van der Waals surface area contributed by atoms with Crippen molar-refractivity contribution in [3.05, 3.63) is 28.7 Å². The molecule has 0 aliphatic carbocycles. The number of amides is 1. The average Bonchev–Trinajstić information content (AvgIpc) is 2.36. The molecule has 1 fully saturated rings. The Balaban J connectivity index is 1.81. The summed E-state index contributed by atoms with van der Waals surface area (Å²) in [4.78, 5) is 12.9. The van der Waals surface area contributed by atoms with E-state index in [9.17, 15) is 4.79 Å². The van der Waals surface area contributed by atoms with Crippen molar-refractivity contribution in [2.75, 3.05) is 32.8 Å². The number of carbonyl (C=O) groups excluding carboxylic acids is 1. The highest BCUT2D eigenvalue weighted by Crippen LogP contribution is 2.18. The number of hydrogen-bond acceptors (Lipinski definition) is 4. The third-order valence-corrected chi connectivity index (χ3v) is 3.33. The van der Waals surface area contributed by atoms with Gasteiger partial charge in [-0.2, -0.15) is 0 Å². The summed E-state index contributed by atoms with van der Waals surface area (Å²) in [5.74, 6) is 0.485. The molecule has 1 aromatic rings. The molecule has 1 aliphatic heterocycles. The van der Waals surface area contributed by atoms with Gasteiger partial charge in [-0.15, -0.1) is 0 Å². The number of halogens is 1. The average molecular weight is 329 g/mol. The maximum absolute atomic E-state index is 10.9. The van der Waals surface area contributed by atoms with Gasteiger partial charge < -0.3 is 15.2 Å². The van der Waals surface area contributed by atoms with Gasteiger partial charge in [0.2, 0.25) is 5.91 Å². The second-order valence-corrected chi connectivity index (χ2v) is 5.38. The largest absolute Gasteiger partial charge is 0.491 e. The second kappa shape index (κ2) is 6.88. The van der Waals surface area contributed by atoms with E-state index in [0.29, 0.717) is 19.8 Å². The van der Waals surface area contributed by atoms with Crippen LogP contribution in [0.25, 0.3) is 0 Å². The molecule has 19 heavy (non-hydrogen) atoms. The van der Waals surface area contributed by atoms with E-state index >= 15 is 0 Å². The Morgan fingerprint density at radius 2 is 2.42 bits per heavy atom. The van der Waals surface area contributed by atoms with Gasteiger partial charge in [0.05, 0.1) is 13.2 Å². The minimum Gasteiger partial charge on any atom is -0.491 e. The van der Waals surface area contributed by atoms with Gasteiger partial charge in [-0.25, -0.2) is 0 Å². The fourth-order valence-corrected chi connectivity index (χ4v) is 2.37. The Bertz CT molecular complexity index is 442. The predicted molar refractivity (Wildman–Crippen MR) is 75.0 cm³/mol. The Kier molecular flexibility index (Phi) is 5.18. The fraction of sp³-hybridized carbons (Fsp3) is 0.462. The molecule has 1 aromatic carbocycles. The molecule has 2 rings (SSSR count). The van der Waals surface area contributed by atoms with E-state index in [4.69, 9.17) is 15.2 Å². The van der Waals surface area contributed by atoms with Gasteiger partial charge in [0.1, 0.15) is 18.5 Å². The zero-order chi connectivity index (χ0) is 13.7. The zero-order valence-corrected chi connectivity index (χ0v) is 12.1. The summed E-state index contributed by atoms with van der Waals surface area (Å²) in [6.07, 6.45) is -0.0351. The van der Waals surface area contributed by atoms with Crippen molar-refractivity contribution in [2.45, 2.75) is 6.10 Å². The van der Waals surface area contributed by atoms with Crippen LogP contribution < -0.4 is 10.5 Å². The first kappa shape index (κ1) is 14.3. The quantitative estimate of drug-likeness (QED) is 0.876. The molecule has 5 nitrogen and oxygen atoms in total. The first-order chi connectivity index (χ1) is 9.13. The molecule has 6 heteroatoms. The van der Waals surface area contributed by atoms with Crippen LogP contribution in [0.15, 0.2) is 28.7 Å². The highest BCUT2D eigenvalue weighted by atomic mass is 79.9. The van der Waals surface area contributed by atoms with Crippen molar-refractivity contribution in [1.29, 1.82) is 0 Å². The molecule has 0 aromatic heterocycles. The number of rotatable bonds is 5. The number of ether oxygens (including phenoxy) is 2. The molecule has 104 valence electrons. The molecule has 0 saturated carbocycles. The minimum absolute atomic E-state index is 0.0351. The molecule has 1 amide bonds. The van der Waals surface area contributed by atoms with E-state index in [-0.39, 0.29) is 18.6 Å². The normalized spacial score (nSPS) is 20.2. The summed E-state index contributed by atoms with van der Waals surface area (Å²) >= 11 is 3.39. The van der Waals surface area contributed by atoms with Crippen LogP contribution in [-0.2, 0) is 9.53 Å². The van der Waals surface area contributed by atoms with Crippen LogP contribution in [0.1, 0.15) is 0 Å². The van der Waals surface area contributed by atoms with Gasteiger partial charge in [-0.1, -0.05) is 22.0 Å². The van der Waals surface area contributed by atoms with E-state index in [1.807, 2.05) is 29.2 Å². The van der Waals surface area contributed by atoms with Crippen molar-refractivity contribution < 1.29 is 14.3 Å². The Morgan fingerprint density at radius 1 is 1.58 bits per heavy atom. The van der Waals surface area contributed by atoms with Gasteiger partial charge in [0, 0.05) is 17.6 Å². The maximum Gasteiger partial charge on any atom is 0.231 e. The highest BCUT2D eigenvalue weighted by molar-refractivity contribution is 9.10. The zero-order valence-electron chi connectivity index (χ0n) is 10.5. The summed E-state index contributed by atoms with van der Waals surface area (Å²) in [5.41, 5.74) is 5.19. The summed E-state index contributed by atoms with van der Waals surface area (Å²) in [6, 6.07) is 7.66. The van der Waals surface area contributed by atoms with Crippen LogP contribution in [0, 0.1) is 0 Å². The molecular weight excluding hydrogens is 312 g/mol. The highest BCUT2D eigenvalue weighted by Gasteiger charge is 2.21. The summed E-state index contributed by atoms with van der Waals surface area (Å²) < 4.78 is 12.3. The molecule has 1 heterocycles. The topological polar surface area (TPSA) is 64.8 Å². The Hall–Kier alpha value is -1.11. The lowest BCUT2D eigenvalue weighted by Crippen LogP contribution is -2.47. The summed E-state index contributed by atoms with van der Waals surface area (Å²) in [7, 11) is 0. The second-order valence-electron chi connectivity index (χ2n) is 4.46. The Morgan fingerprint density at radius 3 is 3.16 bits per heavy atom. The number of nitrogens with zero attached hydrogens (tertiary/aromatic N) is 1. The lowest BCUT2D eigenvalue weighted by Gasteiger charge is -2.31. The van der Waals surface area contributed by atoms with Gasteiger partial charge in [0.15, 0.2) is 0 Å². The monoisotopic (exact) mass is 328 g/mol. The van der Waals surface area contributed by atoms with Gasteiger partial charge in [-0.05, 0) is 18.2 Å². The predicted octanol–water partition coefficient (Wildman–Crippen LogP) is 1.01. The van der Waals surface area contributed by atoms with Crippen molar-refractivity contribution in [3.63, 3.8) is 0 Å². The van der Waals surface area contributed by atoms with Crippen LogP contribution >= 0.6 is 15.9 Å². The van der Waals surface area contributed by atoms with E-state index < -0.39 is 0 Å². The molecular formula is C13H17BrN2O3. The first-order valence-corrected chi connectivity index (χ1v) is 6.93. The maximum atomic E-state index is 10.9. The van der Waals surface area contributed by atoms with Gasteiger partial charge in [-0.3, -0.25) is 9.69 Å². The number of carbonyl (C=O) groups is 1. The van der Waals surface area contributed by atoms with Crippen LogP contribution in [0.5, 0.6) is 5.75 Å². The van der Waals surface area contributed by atoms with Crippen LogP contribution in [-0.4, -0.2) is 49.8 Å². The Labute approximate surface area is 120 Å².